The first-order chi connectivity index (χ1) is 9.67. The summed E-state index contributed by atoms with van der Waals surface area (Å²) in [7, 11) is 0. The van der Waals surface area contributed by atoms with Crippen molar-refractivity contribution < 1.29 is 9.90 Å². The standard InChI is InChI=1S/C17H23NO2/c1-3-4-5-6-9-18-17(20)16-12-14(2)11-15(13-16)8-7-10-19/h11-13,19H,3-6,9-10H2,1-2H3,(H,18,20). The molecule has 1 aromatic rings. The second-order valence-corrected chi connectivity index (χ2v) is 4.86. The molecule has 20 heavy (non-hydrogen) atoms. The Morgan fingerprint density at radius 1 is 1.25 bits per heavy atom. The number of hydrogen-bond acceptors (Lipinski definition) is 2. The topological polar surface area (TPSA) is 49.3 Å². The normalized spacial score (nSPS) is 9.75. The molecule has 1 rings (SSSR count). The van der Waals surface area contributed by atoms with E-state index in [0.29, 0.717) is 12.1 Å². The number of amides is 1. The van der Waals surface area contributed by atoms with Crippen LogP contribution in [0.2, 0.25) is 0 Å². The lowest BCUT2D eigenvalue weighted by atomic mass is 10.1. The molecule has 0 spiro atoms. The van der Waals surface area contributed by atoms with Gasteiger partial charge in [0.05, 0.1) is 0 Å². The smallest absolute Gasteiger partial charge is 0.251 e. The maximum atomic E-state index is 12.0. The summed E-state index contributed by atoms with van der Waals surface area (Å²) in [4.78, 5) is 12.0. The molecule has 0 fully saturated rings. The first-order valence-corrected chi connectivity index (χ1v) is 7.17. The van der Waals surface area contributed by atoms with Crippen LogP contribution in [0.4, 0.5) is 0 Å². The average Bonchev–Trinajstić information content (AvgIpc) is 2.44. The highest BCUT2D eigenvalue weighted by atomic mass is 16.2. The minimum Gasteiger partial charge on any atom is -0.384 e. The highest BCUT2D eigenvalue weighted by Gasteiger charge is 2.06. The average molecular weight is 273 g/mol. The summed E-state index contributed by atoms with van der Waals surface area (Å²) in [6.07, 6.45) is 4.57. The van der Waals surface area contributed by atoms with E-state index in [2.05, 4.69) is 24.1 Å². The summed E-state index contributed by atoms with van der Waals surface area (Å²) < 4.78 is 0. The molecule has 2 N–H and O–H groups in total. The molecular weight excluding hydrogens is 250 g/mol. The van der Waals surface area contributed by atoms with Gasteiger partial charge in [-0.25, -0.2) is 0 Å². The van der Waals surface area contributed by atoms with Crippen molar-refractivity contribution in [3.05, 3.63) is 34.9 Å². The van der Waals surface area contributed by atoms with E-state index in [0.717, 1.165) is 24.0 Å². The van der Waals surface area contributed by atoms with Crippen LogP contribution in [0.3, 0.4) is 0 Å². The van der Waals surface area contributed by atoms with Gasteiger partial charge in [-0.3, -0.25) is 4.79 Å². The van der Waals surface area contributed by atoms with Gasteiger partial charge in [0.25, 0.3) is 5.91 Å². The number of rotatable bonds is 6. The molecule has 3 nitrogen and oxygen atoms in total. The Labute approximate surface area is 121 Å². The number of aliphatic hydroxyl groups excluding tert-OH is 1. The second kappa shape index (κ2) is 9.17. The maximum absolute atomic E-state index is 12.0. The molecule has 1 aromatic carbocycles. The third kappa shape index (κ3) is 5.90. The molecule has 0 saturated carbocycles. The number of aryl methyl sites for hydroxylation is 1. The Kier molecular flexibility index (Phi) is 7.46. The molecule has 0 unspecified atom stereocenters. The highest BCUT2D eigenvalue weighted by Crippen LogP contribution is 2.09. The SMILES string of the molecule is CCCCCCNC(=O)c1cc(C)cc(C#CCO)c1. The minimum absolute atomic E-state index is 0.0581. The molecule has 0 atom stereocenters. The van der Waals surface area contributed by atoms with Gasteiger partial charge >= 0.3 is 0 Å². The van der Waals surface area contributed by atoms with Gasteiger partial charge in [-0.15, -0.1) is 0 Å². The van der Waals surface area contributed by atoms with Crippen molar-refractivity contribution in [1.82, 2.24) is 5.32 Å². The van der Waals surface area contributed by atoms with Crippen molar-refractivity contribution in [3.63, 3.8) is 0 Å². The van der Waals surface area contributed by atoms with Gasteiger partial charge in [0, 0.05) is 17.7 Å². The van der Waals surface area contributed by atoms with Crippen molar-refractivity contribution in [3.8, 4) is 11.8 Å². The number of nitrogens with one attached hydrogen (secondary N) is 1. The number of unbranched alkanes of at least 4 members (excludes halogenated alkanes) is 3. The van der Waals surface area contributed by atoms with Gasteiger partial charge in [-0.1, -0.05) is 38.0 Å². The molecule has 0 bridgehead atoms. The third-order valence-electron chi connectivity index (χ3n) is 2.97. The van der Waals surface area contributed by atoms with Gasteiger partial charge in [0.2, 0.25) is 0 Å². The van der Waals surface area contributed by atoms with E-state index < -0.39 is 0 Å². The zero-order valence-electron chi connectivity index (χ0n) is 12.3. The Hall–Kier alpha value is -1.79. The second-order valence-electron chi connectivity index (χ2n) is 4.86. The molecule has 0 aliphatic rings. The number of hydrogen-bond donors (Lipinski definition) is 2. The summed E-state index contributed by atoms with van der Waals surface area (Å²) in [6.45, 7) is 4.64. The number of carbonyl (C=O) groups excluding carboxylic acids is 1. The largest absolute Gasteiger partial charge is 0.384 e. The summed E-state index contributed by atoms with van der Waals surface area (Å²) in [6, 6.07) is 5.52. The lowest BCUT2D eigenvalue weighted by Gasteiger charge is -2.06. The summed E-state index contributed by atoms with van der Waals surface area (Å²) in [5.74, 6) is 5.37. The van der Waals surface area contributed by atoms with Crippen LogP contribution in [0.1, 0.15) is 54.1 Å². The van der Waals surface area contributed by atoms with Gasteiger partial charge in [-0.2, -0.15) is 0 Å². The van der Waals surface area contributed by atoms with E-state index in [1.54, 1.807) is 6.07 Å². The molecule has 0 radical (unpaired) electrons. The van der Waals surface area contributed by atoms with E-state index in [4.69, 9.17) is 5.11 Å². The van der Waals surface area contributed by atoms with Crippen LogP contribution >= 0.6 is 0 Å². The van der Waals surface area contributed by atoms with Crippen LogP contribution in [-0.4, -0.2) is 24.2 Å². The van der Waals surface area contributed by atoms with E-state index in [1.165, 1.54) is 12.8 Å². The van der Waals surface area contributed by atoms with Crippen LogP contribution in [0, 0.1) is 18.8 Å². The van der Waals surface area contributed by atoms with Crippen LogP contribution in [0.15, 0.2) is 18.2 Å². The molecule has 0 aliphatic carbocycles. The molecule has 108 valence electrons. The highest BCUT2D eigenvalue weighted by molar-refractivity contribution is 5.94. The Bertz CT molecular complexity index is 497. The fraction of sp³-hybridized carbons (Fsp3) is 0.471. The maximum Gasteiger partial charge on any atom is 0.251 e. The molecule has 3 heteroatoms. The van der Waals surface area contributed by atoms with Gasteiger partial charge in [0.1, 0.15) is 6.61 Å². The first kappa shape index (κ1) is 16.3. The van der Waals surface area contributed by atoms with Crippen molar-refractivity contribution >= 4 is 5.91 Å². The van der Waals surface area contributed by atoms with E-state index >= 15 is 0 Å². The molecule has 0 heterocycles. The van der Waals surface area contributed by atoms with Crippen LogP contribution in [0.25, 0.3) is 0 Å². The monoisotopic (exact) mass is 273 g/mol. The van der Waals surface area contributed by atoms with Crippen LogP contribution < -0.4 is 5.32 Å². The first-order valence-electron chi connectivity index (χ1n) is 7.17. The molecular formula is C17H23NO2. The molecule has 0 aromatic heterocycles. The van der Waals surface area contributed by atoms with E-state index in [1.807, 2.05) is 19.1 Å². The zero-order valence-corrected chi connectivity index (χ0v) is 12.3. The lowest BCUT2D eigenvalue weighted by molar-refractivity contribution is 0.0953. The predicted octanol–water partition coefficient (Wildman–Crippen LogP) is 2.65. The predicted molar refractivity (Wildman–Crippen MR) is 81.6 cm³/mol. The molecule has 0 aliphatic heterocycles. The Morgan fingerprint density at radius 2 is 2.05 bits per heavy atom. The van der Waals surface area contributed by atoms with E-state index in [-0.39, 0.29) is 12.5 Å². The summed E-state index contributed by atoms with van der Waals surface area (Å²) >= 11 is 0. The number of carbonyl (C=O) groups is 1. The Balaban J connectivity index is 2.61. The van der Waals surface area contributed by atoms with E-state index in [9.17, 15) is 4.79 Å². The molecule has 1 amide bonds. The van der Waals surface area contributed by atoms with Crippen molar-refractivity contribution in [2.45, 2.75) is 39.5 Å². The summed E-state index contributed by atoms with van der Waals surface area (Å²) in [5, 5.41) is 11.6. The van der Waals surface area contributed by atoms with Crippen molar-refractivity contribution in [2.24, 2.45) is 0 Å². The number of aliphatic hydroxyl groups is 1. The van der Waals surface area contributed by atoms with Gasteiger partial charge < -0.3 is 10.4 Å². The fourth-order valence-electron chi connectivity index (χ4n) is 1.98. The van der Waals surface area contributed by atoms with Gasteiger partial charge in [0.15, 0.2) is 0 Å². The molecule has 0 saturated heterocycles. The van der Waals surface area contributed by atoms with Crippen molar-refractivity contribution in [1.29, 1.82) is 0 Å². The third-order valence-corrected chi connectivity index (χ3v) is 2.97. The minimum atomic E-state index is -0.174. The quantitative estimate of drug-likeness (QED) is 0.618. The van der Waals surface area contributed by atoms with Gasteiger partial charge in [-0.05, 0) is 37.1 Å². The number of benzene rings is 1. The Morgan fingerprint density at radius 3 is 2.75 bits per heavy atom. The van der Waals surface area contributed by atoms with Crippen LogP contribution in [0.5, 0.6) is 0 Å². The fourth-order valence-corrected chi connectivity index (χ4v) is 1.98. The zero-order chi connectivity index (χ0) is 14.8. The van der Waals surface area contributed by atoms with Crippen LogP contribution in [-0.2, 0) is 0 Å². The van der Waals surface area contributed by atoms with Crippen molar-refractivity contribution in [2.75, 3.05) is 13.2 Å². The lowest BCUT2D eigenvalue weighted by Crippen LogP contribution is -2.24. The summed E-state index contributed by atoms with van der Waals surface area (Å²) in [5.41, 5.74) is 2.38.